The fraction of sp³-hybridized carbons (Fsp3) is 0.588. The molecule has 0 fully saturated rings. The van der Waals surface area contributed by atoms with E-state index in [-0.39, 0.29) is 11.2 Å². The number of ether oxygens (including phenoxy) is 1. The molecule has 1 rings (SSSR count). The van der Waals surface area contributed by atoms with Gasteiger partial charge in [-0.15, -0.1) is 0 Å². The maximum absolute atomic E-state index is 10.5. The summed E-state index contributed by atoms with van der Waals surface area (Å²) < 4.78 is 4.25. The van der Waals surface area contributed by atoms with E-state index in [4.69, 9.17) is 0 Å². The van der Waals surface area contributed by atoms with Gasteiger partial charge in [0.1, 0.15) is 12.0 Å². The Bertz CT molecular complexity index is 370. The van der Waals surface area contributed by atoms with Crippen molar-refractivity contribution in [2.24, 2.45) is 0 Å². The number of rotatable bonds is 4. The summed E-state index contributed by atoms with van der Waals surface area (Å²) in [5.41, 5.74) is 1.39. The number of carbonyl (C=O) groups excluding carboxylic acids is 1. The van der Waals surface area contributed by atoms with E-state index in [1.54, 1.807) is 20.3 Å². The van der Waals surface area contributed by atoms with Crippen LogP contribution < -0.4 is 0 Å². The predicted molar refractivity (Wildman–Crippen MR) is 85.7 cm³/mol. The number of hydrogen-bond acceptors (Lipinski definition) is 3. The predicted octanol–water partition coefficient (Wildman–Crippen LogP) is 4.57. The van der Waals surface area contributed by atoms with Crippen LogP contribution in [0.3, 0.4) is 0 Å². The fourth-order valence-corrected chi connectivity index (χ4v) is 1.95. The van der Waals surface area contributed by atoms with E-state index in [1.807, 2.05) is 19.9 Å². The van der Waals surface area contributed by atoms with Crippen molar-refractivity contribution in [3.05, 3.63) is 29.3 Å². The summed E-state index contributed by atoms with van der Waals surface area (Å²) in [6.45, 7) is 10.3. The van der Waals surface area contributed by atoms with Gasteiger partial charge in [-0.25, -0.2) is 0 Å². The number of aromatic hydroxyl groups is 1. The average Bonchev–Trinajstić information content (AvgIpc) is 2.41. The maximum Gasteiger partial charge on any atom is 0.150 e. The molecule has 0 atom stereocenters. The number of benzene rings is 1. The minimum atomic E-state index is -0.0414. The number of phenols is 1. The van der Waals surface area contributed by atoms with Gasteiger partial charge in [0.05, 0.1) is 0 Å². The summed E-state index contributed by atoms with van der Waals surface area (Å²) in [5.74, 6) is 0.220. The van der Waals surface area contributed by atoms with E-state index < -0.39 is 0 Å². The van der Waals surface area contributed by atoms with E-state index in [9.17, 15) is 9.90 Å². The topological polar surface area (TPSA) is 46.5 Å². The Kier molecular flexibility index (Phi) is 12.0. The molecule has 1 aromatic rings. The molecule has 0 saturated heterocycles. The molecule has 0 heterocycles. The van der Waals surface area contributed by atoms with Gasteiger partial charge in [-0.1, -0.05) is 53.2 Å². The van der Waals surface area contributed by atoms with Crippen LogP contribution in [0.2, 0.25) is 0 Å². The molecule has 1 aromatic carbocycles. The second kappa shape index (κ2) is 11.5. The molecule has 0 amide bonds. The second-order valence-corrected chi connectivity index (χ2v) is 4.94. The largest absolute Gasteiger partial charge is 0.508 e. The molecule has 0 aliphatic rings. The minimum absolute atomic E-state index is 0.0414. The standard InChI is InChI=1S/C13H18O2.C2H6O.C2H6/c1-4-7-13(2,3)11-6-5-10(9-14)8-12(11)15;1-3-2;1-2/h5-6,8-9,15H,4,7H2,1-3H3;1-2H3;1-2H3. The number of methoxy groups -OCH3 is 1. The molecular weight excluding hydrogens is 252 g/mol. The molecule has 0 aliphatic carbocycles. The van der Waals surface area contributed by atoms with Crippen molar-refractivity contribution < 1.29 is 14.6 Å². The number of hydrogen-bond donors (Lipinski definition) is 1. The second-order valence-electron chi connectivity index (χ2n) is 4.94. The summed E-state index contributed by atoms with van der Waals surface area (Å²) >= 11 is 0. The van der Waals surface area contributed by atoms with Gasteiger partial charge in [0.15, 0.2) is 0 Å². The summed E-state index contributed by atoms with van der Waals surface area (Å²) in [4.78, 5) is 10.5. The van der Waals surface area contributed by atoms with Gasteiger partial charge in [0.2, 0.25) is 0 Å². The highest BCUT2D eigenvalue weighted by Gasteiger charge is 2.22. The van der Waals surface area contributed by atoms with E-state index in [0.717, 1.165) is 24.7 Å². The smallest absolute Gasteiger partial charge is 0.150 e. The molecule has 0 bridgehead atoms. The summed E-state index contributed by atoms with van der Waals surface area (Å²) in [6, 6.07) is 5.12. The highest BCUT2D eigenvalue weighted by atomic mass is 16.4. The van der Waals surface area contributed by atoms with Gasteiger partial charge in [0.25, 0.3) is 0 Å². The Morgan fingerprint density at radius 3 is 2.10 bits per heavy atom. The van der Waals surface area contributed by atoms with Crippen LogP contribution in [-0.2, 0) is 10.2 Å². The molecule has 0 saturated carbocycles. The average molecular weight is 282 g/mol. The lowest BCUT2D eigenvalue weighted by Crippen LogP contribution is -2.16. The lowest BCUT2D eigenvalue weighted by atomic mass is 9.80. The first kappa shape index (κ1) is 21.0. The monoisotopic (exact) mass is 282 g/mol. The van der Waals surface area contributed by atoms with Crippen LogP contribution in [0, 0.1) is 0 Å². The Labute approximate surface area is 124 Å². The summed E-state index contributed by atoms with van der Waals surface area (Å²) in [6.07, 6.45) is 2.83. The van der Waals surface area contributed by atoms with E-state index in [1.165, 1.54) is 6.07 Å². The van der Waals surface area contributed by atoms with Crippen molar-refractivity contribution in [3.63, 3.8) is 0 Å². The molecule has 3 nitrogen and oxygen atoms in total. The van der Waals surface area contributed by atoms with Crippen LogP contribution in [0.4, 0.5) is 0 Å². The summed E-state index contributed by atoms with van der Waals surface area (Å²) in [5, 5.41) is 9.83. The third-order valence-corrected chi connectivity index (χ3v) is 2.76. The molecule has 0 aromatic heterocycles. The van der Waals surface area contributed by atoms with Crippen LogP contribution >= 0.6 is 0 Å². The molecule has 0 aliphatic heterocycles. The van der Waals surface area contributed by atoms with Crippen molar-refractivity contribution in [1.29, 1.82) is 0 Å². The SMILES string of the molecule is CC.CCCC(C)(C)c1ccc(C=O)cc1O.COC. The van der Waals surface area contributed by atoms with Crippen LogP contribution in [-0.4, -0.2) is 25.6 Å². The van der Waals surface area contributed by atoms with Crippen LogP contribution in [0.1, 0.15) is 63.4 Å². The van der Waals surface area contributed by atoms with Crippen LogP contribution in [0.5, 0.6) is 5.75 Å². The number of phenolic OH excluding ortho intramolecular Hbond substituents is 1. The Balaban J connectivity index is 0. The van der Waals surface area contributed by atoms with Crippen LogP contribution in [0.15, 0.2) is 18.2 Å². The van der Waals surface area contributed by atoms with Crippen molar-refractivity contribution >= 4 is 6.29 Å². The Morgan fingerprint density at radius 2 is 1.75 bits per heavy atom. The Morgan fingerprint density at radius 1 is 1.25 bits per heavy atom. The van der Waals surface area contributed by atoms with Crippen LogP contribution in [0.25, 0.3) is 0 Å². The molecular formula is C17H30O3. The Hall–Kier alpha value is -1.35. The molecule has 0 unspecified atom stereocenters. The first-order valence-corrected chi connectivity index (χ1v) is 7.11. The zero-order valence-electron chi connectivity index (χ0n) is 14.0. The zero-order chi connectivity index (χ0) is 16.2. The third-order valence-electron chi connectivity index (χ3n) is 2.76. The minimum Gasteiger partial charge on any atom is -0.508 e. The van der Waals surface area contributed by atoms with Gasteiger partial charge in [0, 0.05) is 19.8 Å². The molecule has 20 heavy (non-hydrogen) atoms. The number of carbonyl (C=O) groups is 1. The highest BCUT2D eigenvalue weighted by Crippen LogP contribution is 2.34. The van der Waals surface area contributed by atoms with E-state index >= 15 is 0 Å². The number of aldehydes is 1. The first-order chi connectivity index (χ1) is 9.42. The van der Waals surface area contributed by atoms with Crippen molar-refractivity contribution in [2.45, 2.75) is 52.9 Å². The van der Waals surface area contributed by atoms with Gasteiger partial charge in [-0.05, 0) is 23.5 Å². The lowest BCUT2D eigenvalue weighted by Gasteiger charge is -2.25. The normalized spacial score (nSPS) is 9.75. The van der Waals surface area contributed by atoms with E-state index in [0.29, 0.717) is 5.56 Å². The zero-order valence-corrected chi connectivity index (χ0v) is 14.0. The lowest BCUT2D eigenvalue weighted by molar-refractivity contribution is 0.112. The molecule has 116 valence electrons. The molecule has 3 heteroatoms. The van der Waals surface area contributed by atoms with Gasteiger partial charge in [-0.2, -0.15) is 0 Å². The third kappa shape index (κ3) is 7.29. The molecule has 0 radical (unpaired) electrons. The maximum atomic E-state index is 10.5. The first-order valence-electron chi connectivity index (χ1n) is 7.11. The quantitative estimate of drug-likeness (QED) is 0.823. The van der Waals surface area contributed by atoms with Gasteiger partial charge >= 0.3 is 0 Å². The van der Waals surface area contributed by atoms with E-state index in [2.05, 4.69) is 25.5 Å². The fourth-order valence-electron chi connectivity index (χ4n) is 1.95. The molecule has 1 N–H and O–H groups in total. The molecule has 0 spiro atoms. The van der Waals surface area contributed by atoms with Gasteiger partial charge in [-0.3, -0.25) is 4.79 Å². The van der Waals surface area contributed by atoms with Gasteiger partial charge < -0.3 is 9.84 Å². The van der Waals surface area contributed by atoms with Crippen molar-refractivity contribution in [2.75, 3.05) is 14.2 Å². The van der Waals surface area contributed by atoms with Crippen molar-refractivity contribution in [3.8, 4) is 5.75 Å². The van der Waals surface area contributed by atoms with Crippen molar-refractivity contribution in [1.82, 2.24) is 0 Å². The summed E-state index contributed by atoms with van der Waals surface area (Å²) in [7, 11) is 3.25. The highest BCUT2D eigenvalue weighted by molar-refractivity contribution is 5.76.